The van der Waals surface area contributed by atoms with Crippen molar-refractivity contribution in [2.24, 2.45) is 0 Å². The number of alkyl halides is 1. The van der Waals surface area contributed by atoms with E-state index in [9.17, 15) is 4.79 Å². The molecule has 1 aromatic rings. The van der Waals surface area contributed by atoms with E-state index in [0.29, 0.717) is 23.1 Å². The van der Waals surface area contributed by atoms with Gasteiger partial charge in [-0.1, -0.05) is 23.2 Å². The molecule has 0 saturated heterocycles. The van der Waals surface area contributed by atoms with E-state index >= 15 is 0 Å². The summed E-state index contributed by atoms with van der Waals surface area (Å²) >= 11 is 18.0. The summed E-state index contributed by atoms with van der Waals surface area (Å²) in [6.07, 6.45) is 0.305. The van der Waals surface area contributed by atoms with Crippen molar-refractivity contribution in [3.05, 3.63) is 33.3 Å². The fraction of sp³-hybridized carbons (Fsp3) is 0.417. The lowest BCUT2D eigenvalue weighted by Gasteiger charge is -2.11. The molecule has 0 heterocycles. The zero-order valence-electron chi connectivity index (χ0n) is 9.60. The summed E-state index contributed by atoms with van der Waals surface area (Å²) in [4.78, 5) is 11.4. The van der Waals surface area contributed by atoms with Gasteiger partial charge in [0.15, 0.2) is 0 Å². The summed E-state index contributed by atoms with van der Waals surface area (Å²) in [6.45, 7) is 3.91. The highest BCUT2D eigenvalue weighted by atomic mass is 35.5. The van der Waals surface area contributed by atoms with Gasteiger partial charge in [0.2, 0.25) is 0 Å². The minimum atomic E-state index is -0.744. The Labute approximate surface area is 116 Å². The molecule has 0 radical (unpaired) electrons. The smallest absolute Gasteiger partial charge is 0.324 e. The minimum absolute atomic E-state index is 0.305. The molecule has 2 nitrogen and oxygen atoms in total. The van der Waals surface area contributed by atoms with E-state index in [1.54, 1.807) is 19.1 Å². The van der Waals surface area contributed by atoms with Crippen LogP contribution >= 0.6 is 34.8 Å². The summed E-state index contributed by atoms with van der Waals surface area (Å²) in [6, 6.07) is 3.49. The fourth-order valence-corrected chi connectivity index (χ4v) is 2.06. The predicted molar refractivity (Wildman–Crippen MR) is 71.2 cm³/mol. The van der Waals surface area contributed by atoms with Crippen molar-refractivity contribution < 1.29 is 9.53 Å². The van der Waals surface area contributed by atoms with Crippen molar-refractivity contribution in [1.82, 2.24) is 0 Å². The highest BCUT2D eigenvalue weighted by Crippen LogP contribution is 2.26. The average molecular weight is 296 g/mol. The lowest BCUT2D eigenvalue weighted by molar-refractivity contribution is -0.142. The Kier molecular flexibility index (Phi) is 5.57. The van der Waals surface area contributed by atoms with Gasteiger partial charge < -0.3 is 4.74 Å². The van der Waals surface area contributed by atoms with Crippen molar-refractivity contribution in [2.45, 2.75) is 25.6 Å². The monoisotopic (exact) mass is 294 g/mol. The van der Waals surface area contributed by atoms with Gasteiger partial charge in [0, 0.05) is 16.5 Å². The Bertz CT molecular complexity index is 418. The average Bonchev–Trinajstić information content (AvgIpc) is 2.26. The Morgan fingerprint density at radius 3 is 2.59 bits per heavy atom. The van der Waals surface area contributed by atoms with Gasteiger partial charge in [-0.05, 0) is 37.1 Å². The van der Waals surface area contributed by atoms with Gasteiger partial charge in [-0.25, -0.2) is 0 Å². The maximum absolute atomic E-state index is 11.4. The number of carbonyl (C=O) groups excluding carboxylic acids is 1. The molecule has 0 saturated carbocycles. The molecule has 0 spiro atoms. The van der Waals surface area contributed by atoms with Crippen LogP contribution in [0.3, 0.4) is 0 Å². The molecule has 0 aromatic heterocycles. The second-order valence-corrected chi connectivity index (χ2v) is 4.96. The molecular formula is C12H13Cl3O2. The van der Waals surface area contributed by atoms with E-state index in [1.165, 1.54) is 0 Å². The first kappa shape index (κ1) is 14.6. The SMILES string of the molecule is CCOC(=O)C(Cl)Cc1cc(Cl)c(C)cc1Cl. The summed E-state index contributed by atoms with van der Waals surface area (Å²) in [5.74, 6) is -0.443. The summed E-state index contributed by atoms with van der Waals surface area (Å²) in [5.41, 5.74) is 1.64. The van der Waals surface area contributed by atoms with Crippen molar-refractivity contribution in [3.63, 3.8) is 0 Å². The molecule has 0 fully saturated rings. The summed E-state index contributed by atoms with van der Waals surface area (Å²) in [5, 5.41) is 0.421. The van der Waals surface area contributed by atoms with Gasteiger partial charge in [-0.3, -0.25) is 4.79 Å². The zero-order chi connectivity index (χ0) is 13.0. The lowest BCUT2D eigenvalue weighted by atomic mass is 10.1. The van der Waals surface area contributed by atoms with Crippen LogP contribution in [0.25, 0.3) is 0 Å². The van der Waals surface area contributed by atoms with Crippen LogP contribution in [0, 0.1) is 6.92 Å². The number of hydrogen-bond acceptors (Lipinski definition) is 2. The van der Waals surface area contributed by atoms with Crippen LogP contribution in [0.2, 0.25) is 10.0 Å². The topological polar surface area (TPSA) is 26.3 Å². The second-order valence-electron chi connectivity index (χ2n) is 3.62. The van der Waals surface area contributed by atoms with Gasteiger partial charge in [-0.2, -0.15) is 0 Å². The third kappa shape index (κ3) is 4.06. The molecule has 5 heteroatoms. The third-order valence-electron chi connectivity index (χ3n) is 2.27. The molecule has 94 valence electrons. The van der Waals surface area contributed by atoms with E-state index < -0.39 is 11.3 Å². The van der Waals surface area contributed by atoms with Gasteiger partial charge >= 0.3 is 5.97 Å². The quantitative estimate of drug-likeness (QED) is 0.619. The standard InChI is InChI=1S/C12H13Cl3O2/c1-3-17-12(16)11(15)6-8-5-9(13)7(2)4-10(8)14/h4-5,11H,3,6H2,1-2H3. The van der Waals surface area contributed by atoms with Gasteiger partial charge in [-0.15, -0.1) is 11.6 Å². The molecule has 1 atom stereocenters. The number of hydrogen-bond donors (Lipinski definition) is 0. The molecule has 1 unspecified atom stereocenters. The molecule has 0 amide bonds. The van der Waals surface area contributed by atoms with Crippen LogP contribution in [0.15, 0.2) is 12.1 Å². The molecule has 0 bridgehead atoms. The van der Waals surface area contributed by atoms with Gasteiger partial charge in [0.25, 0.3) is 0 Å². The molecule has 0 aliphatic rings. The van der Waals surface area contributed by atoms with Crippen LogP contribution in [0.1, 0.15) is 18.1 Å². The molecular weight excluding hydrogens is 282 g/mol. The number of esters is 1. The van der Waals surface area contributed by atoms with Crippen LogP contribution in [-0.4, -0.2) is 18.0 Å². The number of aryl methyl sites for hydroxylation is 1. The Hall–Kier alpha value is -0.440. The number of rotatable bonds is 4. The first-order valence-electron chi connectivity index (χ1n) is 5.21. The molecule has 17 heavy (non-hydrogen) atoms. The van der Waals surface area contributed by atoms with E-state index in [0.717, 1.165) is 11.1 Å². The maximum atomic E-state index is 11.4. The number of ether oxygens (including phenoxy) is 1. The summed E-state index contributed by atoms with van der Waals surface area (Å²) < 4.78 is 4.82. The third-order valence-corrected chi connectivity index (χ3v) is 3.36. The normalized spacial score (nSPS) is 12.3. The highest BCUT2D eigenvalue weighted by molar-refractivity contribution is 6.34. The Balaban J connectivity index is 2.81. The lowest BCUT2D eigenvalue weighted by Crippen LogP contribution is -2.20. The second kappa shape index (κ2) is 6.48. The van der Waals surface area contributed by atoms with Gasteiger partial charge in [0.05, 0.1) is 6.61 Å². The number of carbonyl (C=O) groups is 1. The molecule has 1 aromatic carbocycles. The molecule has 0 N–H and O–H groups in total. The van der Waals surface area contributed by atoms with Crippen LogP contribution in [-0.2, 0) is 16.0 Å². The largest absolute Gasteiger partial charge is 0.465 e. The van der Waals surface area contributed by atoms with Crippen molar-refractivity contribution in [1.29, 1.82) is 0 Å². The predicted octanol–water partition coefficient (Wildman–Crippen LogP) is 4.01. The summed E-state index contributed by atoms with van der Waals surface area (Å²) in [7, 11) is 0. The van der Waals surface area contributed by atoms with Gasteiger partial charge in [0.1, 0.15) is 5.38 Å². The molecule has 0 aliphatic heterocycles. The number of halogens is 3. The maximum Gasteiger partial charge on any atom is 0.324 e. The van der Waals surface area contributed by atoms with E-state index in [2.05, 4.69) is 0 Å². The minimum Gasteiger partial charge on any atom is -0.465 e. The highest BCUT2D eigenvalue weighted by Gasteiger charge is 2.19. The molecule has 0 aliphatic carbocycles. The van der Waals surface area contributed by atoms with Crippen molar-refractivity contribution >= 4 is 40.8 Å². The Morgan fingerprint density at radius 1 is 1.35 bits per heavy atom. The fourth-order valence-electron chi connectivity index (χ4n) is 1.35. The Morgan fingerprint density at radius 2 is 2.00 bits per heavy atom. The van der Waals surface area contributed by atoms with Crippen LogP contribution in [0.5, 0.6) is 0 Å². The first-order chi connectivity index (χ1) is 7.95. The van der Waals surface area contributed by atoms with E-state index in [1.807, 2.05) is 6.92 Å². The van der Waals surface area contributed by atoms with Crippen molar-refractivity contribution in [2.75, 3.05) is 6.61 Å². The van der Waals surface area contributed by atoms with E-state index in [4.69, 9.17) is 39.5 Å². The van der Waals surface area contributed by atoms with Crippen LogP contribution in [0.4, 0.5) is 0 Å². The van der Waals surface area contributed by atoms with Crippen LogP contribution < -0.4 is 0 Å². The zero-order valence-corrected chi connectivity index (χ0v) is 11.9. The first-order valence-corrected chi connectivity index (χ1v) is 6.40. The molecule has 1 rings (SSSR count). The van der Waals surface area contributed by atoms with Crippen molar-refractivity contribution in [3.8, 4) is 0 Å². The van der Waals surface area contributed by atoms with E-state index in [-0.39, 0.29) is 0 Å². The number of benzene rings is 1.